The van der Waals surface area contributed by atoms with Crippen LogP contribution >= 0.6 is 23.1 Å². The average molecular weight is 544 g/mol. The van der Waals surface area contributed by atoms with E-state index in [1.165, 1.54) is 23.1 Å². The number of amidine groups is 1. The molecule has 1 unspecified atom stereocenters. The molecule has 0 radical (unpaired) electrons. The molecule has 198 valence electrons. The minimum absolute atomic E-state index is 0.0577. The van der Waals surface area contributed by atoms with Gasteiger partial charge in [0.15, 0.2) is 5.17 Å². The molecule has 2 aromatic heterocycles. The molecule has 4 rings (SSSR count). The Hall–Kier alpha value is -2.92. The van der Waals surface area contributed by atoms with Crippen molar-refractivity contribution < 1.29 is 19.1 Å². The van der Waals surface area contributed by atoms with Crippen molar-refractivity contribution in [1.82, 2.24) is 14.7 Å². The van der Waals surface area contributed by atoms with Gasteiger partial charge in [-0.15, -0.1) is 11.3 Å². The van der Waals surface area contributed by atoms with E-state index in [1.807, 2.05) is 27.1 Å². The highest BCUT2D eigenvalue weighted by Crippen LogP contribution is 2.40. The van der Waals surface area contributed by atoms with Crippen molar-refractivity contribution in [1.29, 1.82) is 0 Å². The summed E-state index contributed by atoms with van der Waals surface area (Å²) < 4.78 is 6.97. The molecule has 11 heteroatoms. The van der Waals surface area contributed by atoms with Crippen molar-refractivity contribution in [3.8, 4) is 0 Å². The first-order chi connectivity index (χ1) is 17.7. The number of nitrogens with one attached hydrogen (secondary N) is 1. The third-order valence-corrected chi connectivity index (χ3v) is 8.21. The number of aliphatic imine (C=N–C) groups is 1. The van der Waals surface area contributed by atoms with Crippen LogP contribution in [0.4, 0.5) is 5.00 Å². The van der Waals surface area contributed by atoms with Gasteiger partial charge in [-0.05, 0) is 49.7 Å². The van der Waals surface area contributed by atoms with E-state index in [-0.39, 0.29) is 30.1 Å². The maximum absolute atomic E-state index is 13.1. The minimum Gasteiger partial charge on any atom is -0.462 e. The molecule has 2 amide bonds. The topological polar surface area (TPSA) is 106 Å². The van der Waals surface area contributed by atoms with Crippen LogP contribution in [0.3, 0.4) is 0 Å². The number of esters is 1. The highest BCUT2D eigenvalue weighted by atomic mass is 32.2. The van der Waals surface area contributed by atoms with Crippen LogP contribution in [-0.4, -0.2) is 56.5 Å². The molecule has 37 heavy (non-hydrogen) atoms. The lowest BCUT2D eigenvalue weighted by molar-refractivity contribution is -0.123. The highest BCUT2D eigenvalue weighted by molar-refractivity contribution is 8.14. The van der Waals surface area contributed by atoms with Gasteiger partial charge < -0.3 is 10.1 Å². The summed E-state index contributed by atoms with van der Waals surface area (Å²) in [4.78, 5) is 46.1. The molecule has 2 aliphatic rings. The van der Waals surface area contributed by atoms with Crippen LogP contribution in [0.15, 0.2) is 23.1 Å². The lowest BCUT2D eigenvalue weighted by Crippen LogP contribution is -2.34. The first kappa shape index (κ1) is 27.1. The number of anilines is 1. The molecule has 0 saturated carbocycles. The molecule has 2 aromatic rings. The van der Waals surface area contributed by atoms with Gasteiger partial charge in [-0.1, -0.05) is 32.5 Å². The SMILES string of the molecule is CCOC(=O)c1c(NC(=O)CSC2=NC(=Cc3cnn(C)c3)C(=O)N2CC(C)C)sc2c1CCC(C)C2. The fraction of sp³-hybridized carbons (Fsp3) is 0.500. The fourth-order valence-corrected chi connectivity index (χ4v) is 6.61. The normalized spacial score (nSPS) is 18.4. The van der Waals surface area contributed by atoms with E-state index >= 15 is 0 Å². The van der Waals surface area contributed by atoms with E-state index < -0.39 is 5.97 Å². The first-order valence-electron chi connectivity index (χ1n) is 12.5. The Bertz CT molecular complexity index is 1260. The van der Waals surface area contributed by atoms with Crippen LogP contribution in [0, 0.1) is 11.8 Å². The number of fused-ring (bicyclic) bond motifs is 1. The van der Waals surface area contributed by atoms with Crippen LogP contribution < -0.4 is 5.32 Å². The van der Waals surface area contributed by atoms with Crippen LogP contribution in [0.2, 0.25) is 0 Å². The summed E-state index contributed by atoms with van der Waals surface area (Å²) in [6.07, 6.45) is 7.90. The number of thioether (sulfide) groups is 1. The Balaban J connectivity index is 1.50. The van der Waals surface area contributed by atoms with E-state index in [4.69, 9.17) is 4.74 Å². The Morgan fingerprint density at radius 2 is 2.16 bits per heavy atom. The number of hydrogen-bond donors (Lipinski definition) is 1. The number of hydrogen-bond acceptors (Lipinski definition) is 8. The molecule has 1 N–H and O–H groups in total. The van der Waals surface area contributed by atoms with Gasteiger partial charge in [-0.2, -0.15) is 5.10 Å². The van der Waals surface area contributed by atoms with Crippen LogP contribution in [0.25, 0.3) is 6.08 Å². The summed E-state index contributed by atoms with van der Waals surface area (Å²) in [5.41, 5.74) is 2.60. The van der Waals surface area contributed by atoms with E-state index in [0.29, 0.717) is 33.9 Å². The number of rotatable bonds is 8. The summed E-state index contributed by atoms with van der Waals surface area (Å²) in [5, 5.41) is 8.12. The van der Waals surface area contributed by atoms with Gasteiger partial charge in [0.05, 0.1) is 24.1 Å². The second-order valence-corrected chi connectivity index (χ2v) is 11.8. The molecule has 0 spiro atoms. The zero-order valence-corrected chi connectivity index (χ0v) is 23.5. The van der Waals surface area contributed by atoms with Gasteiger partial charge in [0.25, 0.3) is 5.91 Å². The number of amides is 2. The van der Waals surface area contributed by atoms with Crippen LogP contribution in [-0.2, 0) is 34.2 Å². The average Bonchev–Trinajstić information content (AvgIpc) is 3.48. The van der Waals surface area contributed by atoms with Crippen molar-refractivity contribution in [3.05, 3.63) is 39.7 Å². The van der Waals surface area contributed by atoms with Crippen LogP contribution in [0.1, 0.15) is 60.5 Å². The molecule has 0 aromatic carbocycles. The van der Waals surface area contributed by atoms with E-state index in [1.54, 1.807) is 28.8 Å². The third kappa shape index (κ3) is 6.32. The fourth-order valence-electron chi connectivity index (χ4n) is 4.39. The maximum Gasteiger partial charge on any atom is 0.341 e. The quantitative estimate of drug-likeness (QED) is 0.392. The molecular weight excluding hydrogens is 510 g/mol. The lowest BCUT2D eigenvalue weighted by atomic mass is 9.88. The van der Waals surface area contributed by atoms with Gasteiger partial charge >= 0.3 is 5.97 Å². The van der Waals surface area contributed by atoms with E-state index in [0.717, 1.165) is 35.3 Å². The largest absolute Gasteiger partial charge is 0.462 e. The second kappa shape index (κ2) is 11.6. The van der Waals surface area contributed by atoms with Crippen molar-refractivity contribution in [3.63, 3.8) is 0 Å². The van der Waals surface area contributed by atoms with Crippen molar-refractivity contribution in [2.24, 2.45) is 23.9 Å². The lowest BCUT2D eigenvalue weighted by Gasteiger charge is -2.19. The molecule has 0 fully saturated rings. The highest BCUT2D eigenvalue weighted by Gasteiger charge is 2.32. The predicted octanol–water partition coefficient (Wildman–Crippen LogP) is 4.35. The Labute approximate surface area is 225 Å². The number of carbonyl (C=O) groups is 3. The van der Waals surface area contributed by atoms with Crippen molar-refractivity contribution in [2.75, 3.05) is 24.2 Å². The zero-order valence-electron chi connectivity index (χ0n) is 21.9. The van der Waals surface area contributed by atoms with E-state index in [2.05, 4.69) is 22.3 Å². The predicted molar refractivity (Wildman–Crippen MR) is 148 cm³/mol. The molecule has 1 atom stereocenters. The molecule has 1 aliphatic carbocycles. The molecule has 9 nitrogen and oxygen atoms in total. The molecular formula is C26H33N5O4S2. The number of aromatic nitrogens is 2. The number of aryl methyl sites for hydroxylation is 1. The number of nitrogens with zero attached hydrogens (tertiary/aromatic N) is 4. The molecule has 0 bridgehead atoms. The summed E-state index contributed by atoms with van der Waals surface area (Å²) in [5.74, 6) is -0.0113. The first-order valence-corrected chi connectivity index (χ1v) is 14.3. The Kier molecular flexibility index (Phi) is 8.53. The van der Waals surface area contributed by atoms with E-state index in [9.17, 15) is 14.4 Å². The minimum atomic E-state index is -0.392. The van der Waals surface area contributed by atoms with Gasteiger partial charge in [0.1, 0.15) is 10.7 Å². The number of thiophene rings is 1. The maximum atomic E-state index is 13.1. The number of carbonyl (C=O) groups excluding carboxylic acids is 3. The molecule has 1 aliphatic heterocycles. The smallest absolute Gasteiger partial charge is 0.341 e. The summed E-state index contributed by atoms with van der Waals surface area (Å²) in [6, 6.07) is 0. The summed E-state index contributed by atoms with van der Waals surface area (Å²) in [7, 11) is 1.81. The van der Waals surface area contributed by atoms with Gasteiger partial charge in [-0.3, -0.25) is 19.2 Å². The van der Waals surface area contributed by atoms with Crippen molar-refractivity contribution in [2.45, 2.75) is 47.0 Å². The third-order valence-electron chi connectivity index (χ3n) is 6.06. The Morgan fingerprint density at radius 1 is 1.38 bits per heavy atom. The molecule has 3 heterocycles. The van der Waals surface area contributed by atoms with Gasteiger partial charge in [-0.25, -0.2) is 9.79 Å². The zero-order chi connectivity index (χ0) is 26.7. The molecule has 0 saturated heterocycles. The van der Waals surface area contributed by atoms with Crippen LogP contribution in [0.5, 0.6) is 0 Å². The number of ether oxygens (including phenoxy) is 1. The monoisotopic (exact) mass is 543 g/mol. The summed E-state index contributed by atoms with van der Waals surface area (Å²) in [6.45, 7) is 8.81. The standard InChI is InChI=1S/C26H33N5O4S2/c1-6-35-25(34)22-18-8-7-16(4)9-20(18)37-23(22)29-21(32)14-36-26-28-19(10-17-11-27-30(5)13-17)24(33)31(26)12-15(2)3/h10-11,13,15-16H,6-9,12,14H2,1-5H3,(H,29,32). The summed E-state index contributed by atoms with van der Waals surface area (Å²) >= 11 is 2.68. The second-order valence-electron chi connectivity index (χ2n) is 9.79. The van der Waals surface area contributed by atoms with Gasteiger partial charge in [0, 0.05) is 30.2 Å². The van der Waals surface area contributed by atoms with Crippen molar-refractivity contribution >= 4 is 57.1 Å². The Morgan fingerprint density at radius 3 is 2.84 bits per heavy atom. The van der Waals surface area contributed by atoms with Gasteiger partial charge in [0.2, 0.25) is 5.91 Å².